The highest BCUT2D eigenvalue weighted by atomic mass is 35.5. The van der Waals surface area contributed by atoms with E-state index in [1.165, 1.54) is 30.3 Å². The molecule has 8 heteroatoms. The number of phenolic OH excluding ortho intramolecular Hbond substituents is 1. The van der Waals surface area contributed by atoms with E-state index in [9.17, 15) is 23.1 Å². The minimum Gasteiger partial charge on any atom is -0.506 e. The van der Waals surface area contributed by atoms with E-state index in [-0.39, 0.29) is 22.0 Å². The van der Waals surface area contributed by atoms with Crippen LogP contribution in [-0.2, 0) is 11.0 Å². The molecule has 0 radical (unpaired) electrons. The summed E-state index contributed by atoms with van der Waals surface area (Å²) in [6, 6.07) is 9.78. The Morgan fingerprint density at radius 2 is 1.96 bits per heavy atom. The topological polar surface area (TPSA) is 73.1 Å². The van der Waals surface area contributed by atoms with Crippen LogP contribution in [0.4, 0.5) is 18.9 Å². The van der Waals surface area contributed by atoms with Gasteiger partial charge in [0.1, 0.15) is 17.4 Å². The van der Waals surface area contributed by atoms with Crippen molar-refractivity contribution in [2.45, 2.75) is 6.18 Å². The number of carbonyl (C=O) groups is 1. The van der Waals surface area contributed by atoms with Gasteiger partial charge in [-0.15, -0.1) is 0 Å². The molecule has 0 atom stereocenters. The van der Waals surface area contributed by atoms with Gasteiger partial charge < -0.3 is 10.4 Å². The number of rotatable bonds is 3. The number of hydrogen-bond acceptors (Lipinski definition) is 3. The third kappa shape index (κ3) is 4.75. The first-order valence-corrected chi connectivity index (χ1v) is 7.17. The number of nitrogens with one attached hydrogen (secondary N) is 1. The molecule has 2 rings (SSSR count). The molecular formula is C17H10ClF3N2O2. The van der Waals surface area contributed by atoms with Crippen molar-refractivity contribution in [3.8, 4) is 11.8 Å². The van der Waals surface area contributed by atoms with Crippen LogP contribution in [0, 0.1) is 11.3 Å². The van der Waals surface area contributed by atoms with Crippen molar-refractivity contribution >= 4 is 29.3 Å². The maximum Gasteiger partial charge on any atom is 0.416 e. The molecular weight excluding hydrogens is 357 g/mol. The number of carbonyl (C=O) groups excluding carboxylic acids is 1. The van der Waals surface area contributed by atoms with E-state index in [1.807, 2.05) is 0 Å². The summed E-state index contributed by atoms with van der Waals surface area (Å²) in [7, 11) is 0. The Balaban J connectivity index is 2.25. The van der Waals surface area contributed by atoms with Crippen LogP contribution in [0.2, 0.25) is 5.02 Å². The van der Waals surface area contributed by atoms with E-state index in [1.54, 1.807) is 6.07 Å². The first-order chi connectivity index (χ1) is 11.7. The number of nitrogens with zero attached hydrogens (tertiary/aromatic N) is 1. The van der Waals surface area contributed by atoms with Crippen molar-refractivity contribution in [2.75, 3.05) is 5.32 Å². The number of alkyl halides is 3. The van der Waals surface area contributed by atoms with Crippen molar-refractivity contribution in [3.05, 3.63) is 64.2 Å². The average molecular weight is 367 g/mol. The number of nitriles is 1. The van der Waals surface area contributed by atoms with Gasteiger partial charge >= 0.3 is 6.18 Å². The van der Waals surface area contributed by atoms with Crippen LogP contribution in [-0.4, -0.2) is 11.0 Å². The molecule has 1 amide bonds. The molecule has 0 aliphatic rings. The summed E-state index contributed by atoms with van der Waals surface area (Å²) in [4.78, 5) is 12.1. The van der Waals surface area contributed by atoms with E-state index in [0.29, 0.717) is 5.56 Å². The van der Waals surface area contributed by atoms with Crippen LogP contribution in [0.15, 0.2) is 48.0 Å². The highest BCUT2D eigenvalue weighted by molar-refractivity contribution is 6.32. The minimum absolute atomic E-state index is 0.0318. The maximum atomic E-state index is 12.7. The summed E-state index contributed by atoms with van der Waals surface area (Å²) in [5.74, 6) is -1.03. The zero-order valence-corrected chi connectivity index (χ0v) is 13.2. The Kier molecular flexibility index (Phi) is 5.35. The summed E-state index contributed by atoms with van der Waals surface area (Å²) < 4.78 is 38.0. The SMILES string of the molecule is N#C/C(=C/c1ccc(O)c(Cl)c1)C(=O)Nc1cccc(C(F)(F)F)c1. The summed E-state index contributed by atoms with van der Waals surface area (Å²) in [5.41, 5.74) is -0.972. The predicted octanol–water partition coefficient (Wildman–Crippen LogP) is 4.61. The van der Waals surface area contributed by atoms with Crippen molar-refractivity contribution in [3.63, 3.8) is 0 Å². The van der Waals surface area contributed by atoms with E-state index >= 15 is 0 Å². The molecule has 128 valence electrons. The van der Waals surface area contributed by atoms with Gasteiger partial charge in [-0.3, -0.25) is 4.79 Å². The second kappa shape index (κ2) is 7.28. The zero-order valence-electron chi connectivity index (χ0n) is 12.4. The van der Waals surface area contributed by atoms with Crippen molar-refractivity contribution in [1.29, 1.82) is 5.26 Å². The Labute approximate surface area is 145 Å². The number of anilines is 1. The molecule has 0 heterocycles. The summed E-state index contributed by atoms with van der Waals surface area (Å²) in [5, 5.41) is 20.7. The Morgan fingerprint density at radius 1 is 1.24 bits per heavy atom. The van der Waals surface area contributed by atoms with E-state index in [4.69, 9.17) is 16.9 Å². The number of amides is 1. The van der Waals surface area contributed by atoms with Gasteiger partial charge in [0, 0.05) is 5.69 Å². The Morgan fingerprint density at radius 3 is 2.56 bits per heavy atom. The van der Waals surface area contributed by atoms with Crippen LogP contribution >= 0.6 is 11.6 Å². The number of phenols is 1. The lowest BCUT2D eigenvalue weighted by Gasteiger charge is -2.09. The molecule has 0 aromatic heterocycles. The lowest BCUT2D eigenvalue weighted by Crippen LogP contribution is -2.14. The standard InChI is InChI=1S/C17H10ClF3N2O2/c18-14-7-10(4-5-15(14)24)6-11(9-22)16(25)23-13-3-1-2-12(8-13)17(19,20)21/h1-8,24H,(H,23,25)/b11-6-. The smallest absolute Gasteiger partial charge is 0.416 e. The van der Waals surface area contributed by atoms with Gasteiger partial charge in [0.05, 0.1) is 10.6 Å². The molecule has 25 heavy (non-hydrogen) atoms. The van der Waals surface area contributed by atoms with Gasteiger partial charge in [0.15, 0.2) is 0 Å². The van der Waals surface area contributed by atoms with Gasteiger partial charge in [-0.25, -0.2) is 0 Å². The molecule has 0 aliphatic carbocycles. The maximum absolute atomic E-state index is 12.7. The molecule has 0 fully saturated rings. The van der Waals surface area contributed by atoms with E-state index in [0.717, 1.165) is 18.2 Å². The second-order valence-electron chi connectivity index (χ2n) is 4.91. The first kappa shape index (κ1) is 18.4. The fourth-order valence-electron chi connectivity index (χ4n) is 1.90. The number of halogens is 4. The molecule has 2 N–H and O–H groups in total. The molecule has 0 bridgehead atoms. The van der Waals surface area contributed by atoms with Crippen LogP contribution in [0.3, 0.4) is 0 Å². The monoisotopic (exact) mass is 366 g/mol. The summed E-state index contributed by atoms with van der Waals surface area (Å²) >= 11 is 5.74. The fraction of sp³-hybridized carbons (Fsp3) is 0.0588. The zero-order chi connectivity index (χ0) is 18.6. The molecule has 2 aromatic carbocycles. The molecule has 4 nitrogen and oxygen atoms in total. The lowest BCUT2D eigenvalue weighted by molar-refractivity contribution is -0.137. The second-order valence-corrected chi connectivity index (χ2v) is 5.32. The van der Waals surface area contributed by atoms with Gasteiger partial charge in [-0.2, -0.15) is 18.4 Å². The molecule has 2 aromatic rings. The van der Waals surface area contributed by atoms with Gasteiger partial charge in [0.25, 0.3) is 5.91 Å². The van der Waals surface area contributed by atoms with Crippen molar-refractivity contribution in [2.24, 2.45) is 0 Å². The molecule has 0 saturated heterocycles. The summed E-state index contributed by atoms with van der Waals surface area (Å²) in [6.45, 7) is 0. The quantitative estimate of drug-likeness (QED) is 0.615. The Hall–Kier alpha value is -2.98. The van der Waals surface area contributed by atoms with Gasteiger partial charge in [0.2, 0.25) is 0 Å². The normalized spacial score (nSPS) is 11.7. The molecule has 0 saturated carbocycles. The number of aromatic hydroxyl groups is 1. The highest BCUT2D eigenvalue weighted by Gasteiger charge is 2.30. The highest BCUT2D eigenvalue weighted by Crippen LogP contribution is 2.31. The van der Waals surface area contributed by atoms with Crippen molar-refractivity contribution < 1.29 is 23.1 Å². The summed E-state index contributed by atoms with van der Waals surface area (Å²) in [6.07, 6.45) is -3.34. The van der Waals surface area contributed by atoms with E-state index < -0.39 is 17.6 Å². The predicted molar refractivity (Wildman–Crippen MR) is 86.8 cm³/mol. The fourth-order valence-corrected chi connectivity index (χ4v) is 2.09. The molecule has 0 unspecified atom stereocenters. The van der Waals surface area contributed by atoms with Gasteiger partial charge in [-0.05, 0) is 42.0 Å². The lowest BCUT2D eigenvalue weighted by atomic mass is 10.1. The van der Waals surface area contributed by atoms with E-state index in [2.05, 4.69) is 5.32 Å². The van der Waals surface area contributed by atoms with Crippen molar-refractivity contribution in [1.82, 2.24) is 0 Å². The third-order valence-electron chi connectivity index (χ3n) is 3.10. The molecule has 0 aliphatic heterocycles. The molecule has 0 spiro atoms. The average Bonchev–Trinajstić information content (AvgIpc) is 2.55. The van der Waals surface area contributed by atoms with Crippen LogP contribution < -0.4 is 5.32 Å². The minimum atomic E-state index is -4.54. The van der Waals surface area contributed by atoms with Crippen LogP contribution in [0.5, 0.6) is 5.75 Å². The van der Waals surface area contributed by atoms with Crippen LogP contribution in [0.25, 0.3) is 6.08 Å². The Bertz CT molecular complexity index is 886. The van der Waals surface area contributed by atoms with Gasteiger partial charge in [-0.1, -0.05) is 23.7 Å². The number of benzene rings is 2. The number of hydrogen-bond donors (Lipinski definition) is 2. The first-order valence-electron chi connectivity index (χ1n) is 6.79. The third-order valence-corrected chi connectivity index (χ3v) is 3.40. The largest absolute Gasteiger partial charge is 0.506 e. The van der Waals surface area contributed by atoms with Crippen LogP contribution in [0.1, 0.15) is 11.1 Å².